The quantitative estimate of drug-likeness (QED) is 0.829. The van der Waals surface area contributed by atoms with Gasteiger partial charge in [-0.15, -0.1) is 0 Å². The number of carbonyl (C=O) groups excluding carboxylic acids is 1. The molecule has 1 aromatic carbocycles. The van der Waals surface area contributed by atoms with Gasteiger partial charge >= 0.3 is 0 Å². The van der Waals surface area contributed by atoms with E-state index in [1.807, 2.05) is 38.1 Å². The molecule has 26 heavy (non-hydrogen) atoms. The van der Waals surface area contributed by atoms with Crippen molar-refractivity contribution >= 4 is 5.78 Å². The van der Waals surface area contributed by atoms with Gasteiger partial charge in [0.25, 0.3) is 0 Å². The Morgan fingerprint density at radius 2 is 1.58 bits per heavy atom. The highest BCUT2D eigenvalue weighted by atomic mass is 16.5. The molecule has 1 fully saturated rings. The molecule has 0 heterocycles. The molecule has 2 atom stereocenters. The number of hydrogen-bond donors (Lipinski definition) is 0. The average Bonchev–Trinajstić information content (AvgIpc) is 2.66. The summed E-state index contributed by atoms with van der Waals surface area (Å²) >= 11 is 0. The van der Waals surface area contributed by atoms with E-state index in [2.05, 4.69) is 0 Å². The molecule has 1 aliphatic rings. The summed E-state index contributed by atoms with van der Waals surface area (Å²) in [6.07, 6.45) is -0.420. The van der Waals surface area contributed by atoms with Crippen molar-refractivity contribution in [3.05, 3.63) is 29.8 Å². The first-order chi connectivity index (χ1) is 12.4. The van der Waals surface area contributed by atoms with E-state index in [0.717, 1.165) is 0 Å². The summed E-state index contributed by atoms with van der Waals surface area (Å²) < 4.78 is 5.14. The predicted molar refractivity (Wildman–Crippen MR) is 91.0 cm³/mol. The van der Waals surface area contributed by atoms with Crippen LogP contribution in [0, 0.1) is 68.0 Å². The van der Waals surface area contributed by atoms with Gasteiger partial charge in [-0.05, 0) is 23.6 Å². The van der Waals surface area contributed by atoms with Crippen molar-refractivity contribution in [3.8, 4) is 30.0 Å². The van der Waals surface area contributed by atoms with Crippen LogP contribution in [0.15, 0.2) is 24.3 Å². The van der Waals surface area contributed by atoms with Crippen molar-refractivity contribution in [2.45, 2.75) is 26.2 Å². The van der Waals surface area contributed by atoms with Gasteiger partial charge in [-0.2, -0.15) is 21.0 Å². The molecule has 1 saturated carbocycles. The molecule has 1 aromatic rings. The van der Waals surface area contributed by atoms with Crippen LogP contribution in [0.1, 0.15) is 31.7 Å². The minimum Gasteiger partial charge on any atom is -0.497 e. The number of benzene rings is 1. The molecule has 0 aromatic heterocycles. The third-order valence-corrected chi connectivity index (χ3v) is 5.24. The van der Waals surface area contributed by atoms with Crippen LogP contribution < -0.4 is 4.74 Å². The molecule has 6 heteroatoms. The molecule has 0 radical (unpaired) electrons. The Kier molecular flexibility index (Phi) is 5.02. The van der Waals surface area contributed by atoms with E-state index >= 15 is 0 Å². The number of nitrogens with zero attached hydrogens (tertiary/aromatic N) is 4. The summed E-state index contributed by atoms with van der Waals surface area (Å²) in [4.78, 5) is 12.8. The molecule has 2 unspecified atom stereocenters. The lowest BCUT2D eigenvalue weighted by Gasteiger charge is -2.46. The summed E-state index contributed by atoms with van der Waals surface area (Å²) in [6, 6.07) is 14.3. The topological polar surface area (TPSA) is 121 Å². The minimum atomic E-state index is -2.01. The number of rotatable bonds is 3. The van der Waals surface area contributed by atoms with Gasteiger partial charge in [-0.3, -0.25) is 4.79 Å². The molecular weight excluding hydrogens is 328 g/mol. The summed E-state index contributed by atoms with van der Waals surface area (Å²) in [7, 11) is 1.52. The van der Waals surface area contributed by atoms with Gasteiger partial charge in [-0.25, -0.2) is 0 Å². The lowest BCUT2D eigenvalue weighted by Crippen LogP contribution is -2.54. The molecule has 2 rings (SSSR count). The predicted octanol–water partition coefficient (Wildman–Crippen LogP) is 3.09. The summed E-state index contributed by atoms with van der Waals surface area (Å²) in [6.45, 7) is 3.68. The zero-order valence-electron chi connectivity index (χ0n) is 14.9. The number of Topliss-reactive ketones (excluding diaryl/α,β-unsaturated/α-hetero) is 1. The van der Waals surface area contributed by atoms with Gasteiger partial charge in [0.1, 0.15) is 11.5 Å². The fourth-order valence-electron chi connectivity index (χ4n) is 3.90. The summed E-state index contributed by atoms with van der Waals surface area (Å²) in [5, 5.41) is 39.3. The summed E-state index contributed by atoms with van der Waals surface area (Å²) in [5.41, 5.74) is -3.40. The van der Waals surface area contributed by atoms with Crippen molar-refractivity contribution < 1.29 is 9.53 Å². The fraction of sp³-hybridized carbons (Fsp3) is 0.450. The van der Waals surface area contributed by atoms with Gasteiger partial charge in [0.2, 0.25) is 0 Å². The zero-order chi connectivity index (χ0) is 19.5. The van der Waals surface area contributed by atoms with E-state index in [-0.39, 0.29) is 11.7 Å². The van der Waals surface area contributed by atoms with Crippen LogP contribution in [-0.2, 0) is 4.79 Å². The standard InChI is InChI=1S/C20H18N4O2/c1-13(2)17-16(25)8-19(9-21,10-22)20(11-23,12-24)18(17)14-4-6-15(26-3)7-5-14/h4-7,13,17-18H,8H2,1-3H3. The lowest BCUT2D eigenvalue weighted by atomic mass is 9.47. The number of ether oxygens (including phenoxy) is 1. The van der Waals surface area contributed by atoms with E-state index in [1.54, 1.807) is 24.3 Å². The van der Waals surface area contributed by atoms with Gasteiger partial charge in [0.05, 0.1) is 31.4 Å². The number of carbonyl (C=O) groups is 1. The minimum absolute atomic E-state index is 0.161. The van der Waals surface area contributed by atoms with E-state index in [9.17, 15) is 25.8 Å². The Morgan fingerprint density at radius 1 is 1.04 bits per heavy atom. The Morgan fingerprint density at radius 3 is 1.96 bits per heavy atom. The molecule has 0 aliphatic heterocycles. The van der Waals surface area contributed by atoms with Crippen LogP contribution in [0.5, 0.6) is 5.75 Å². The smallest absolute Gasteiger partial charge is 0.183 e. The highest BCUT2D eigenvalue weighted by molar-refractivity contribution is 5.86. The first kappa shape index (κ1) is 19.0. The van der Waals surface area contributed by atoms with Crippen LogP contribution in [0.4, 0.5) is 0 Å². The SMILES string of the molecule is COc1ccc(C2C(C(C)C)C(=O)CC(C#N)(C#N)C2(C#N)C#N)cc1. The number of ketones is 1. The maximum atomic E-state index is 12.8. The van der Waals surface area contributed by atoms with Gasteiger partial charge < -0.3 is 4.74 Å². The molecule has 0 saturated heterocycles. The van der Waals surface area contributed by atoms with Crippen molar-refractivity contribution in [3.63, 3.8) is 0 Å². The number of nitriles is 4. The maximum absolute atomic E-state index is 12.8. The molecular formula is C20H18N4O2. The second kappa shape index (κ2) is 6.87. The fourth-order valence-corrected chi connectivity index (χ4v) is 3.90. The maximum Gasteiger partial charge on any atom is 0.183 e. The molecule has 130 valence electrons. The zero-order valence-corrected chi connectivity index (χ0v) is 14.9. The van der Waals surface area contributed by atoms with E-state index in [1.165, 1.54) is 7.11 Å². The second-order valence-corrected chi connectivity index (χ2v) is 6.82. The van der Waals surface area contributed by atoms with Crippen LogP contribution >= 0.6 is 0 Å². The summed E-state index contributed by atoms with van der Waals surface area (Å²) in [5.74, 6) is -1.37. The number of methoxy groups -OCH3 is 1. The van der Waals surface area contributed by atoms with Crippen molar-refractivity contribution in [2.75, 3.05) is 7.11 Å². The van der Waals surface area contributed by atoms with Crippen LogP contribution in [-0.4, -0.2) is 12.9 Å². The van der Waals surface area contributed by atoms with E-state index in [4.69, 9.17) is 4.74 Å². The molecule has 0 spiro atoms. The lowest BCUT2D eigenvalue weighted by molar-refractivity contribution is -0.132. The highest BCUT2D eigenvalue weighted by Crippen LogP contribution is 2.59. The molecule has 0 bridgehead atoms. The van der Waals surface area contributed by atoms with Crippen molar-refractivity contribution in [1.29, 1.82) is 21.0 Å². The Hall–Kier alpha value is -3.35. The molecule has 0 N–H and O–H groups in total. The van der Waals surface area contributed by atoms with Crippen LogP contribution in [0.2, 0.25) is 0 Å². The normalized spacial score (nSPS) is 23.2. The third kappa shape index (κ3) is 2.48. The van der Waals surface area contributed by atoms with Crippen molar-refractivity contribution in [2.24, 2.45) is 22.7 Å². The molecule has 1 aliphatic carbocycles. The first-order valence-electron chi connectivity index (χ1n) is 8.18. The molecule has 6 nitrogen and oxygen atoms in total. The monoisotopic (exact) mass is 346 g/mol. The largest absolute Gasteiger partial charge is 0.497 e. The highest BCUT2D eigenvalue weighted by Gasteiger charge is 2.66. The van der Waals surface area contributed by atoms with Crippen molar-refractivity contribution in [1.82, 2.24) is 0 Å². The van der Waals surface area contributed by atoms with Gasteiger partial charge in [0.15, 0.2) is 10.8 Å². The average molecular weight is 346 g/mol. The Balaban J connectivity index is 2.83. The van der Waals surface area contributed by atoms with E-state index < -0.39 is 29.1 Å². The van der Waals surface area contributed by atoms with Gasteiger partial charge in [-0.1, -0.05) is 26.0 Å². The van der Waals surface area contributed by atoms with Gasteiger partial charge in [0, 0.05) is 18.3 Å². The Bertz CT molecular complexity index is 847. The second-order valence-electron chi connectivity index (χ2n) is 6.82. The van der Waals surface area contributed by atoms with Crippen LogP contribution in [0.25, 0.3) is 0 Å². The third-order valence-electron chi connectivity index (χ3n) is 5.24. The van der Waals surface area contributed by atoms with E-state index in [0.29, 0.717) is 11.3 Å². The van der Waals surface area contributed by atoms with Crippen LogP contribution in [0.3, 0.4) is 0 Å². The molecule has 0 amide bonds. The number of hydrogen-bond acceptors (Lipinski definition) is 6. The first-order valence-corrected chi connectivity index (χ1v) is 8.18. The Labute approximate surface area is 152 Å².